The van der Waals surface area contributed by atoms with Gasteiger partial charge in [0, 0.05) is 25.0 Å². The largest absolute Gasteiger partial charge is 0.697 e. The van der Waals surface area contributed by atoms with Gasteiger partial charge in [0.1, 0.15) is 12.2 Å². The van der Waals surface area contributed by atoms with E-state index in [-0.39, 0.29) is 22.3 Å². The van der Waals surface area contributed by atoms with E-state index in [1.165, 1.54) is 0 Å². The van der Waals surface area contributed by atoms with Crippen LogP contribution >= 0.6 is 8.25 Å². The Morgan fingerprint density at radius 3 is 1.38 bits per heavy atom. The Morgan fingerprint density at radius 1 is 0.938 bits per heavy atom. The summed E-state index contributed by atoms with van der Waals surface area (Å²) in [5.74, 6) is 0. The van der Waals surface area contributed by atoms with Crippen molar-refractivity contribution >= 4 is 28.7 Å². The van der Waals surface area contributed by atoms with Crippen molar-refractivity contribution < 1.29 is 13.6 Å². The fourth-order valence-electron chi connectivity index (χ4n) is 0.599. The normalized spacial score (nSPS) is 18.5. The zero-order chi connectivity index (χ0) is 13.1. The predicted molar refractivity (Wildman–Crippen MR) is 76.7 cm³/mol. The molecule has 0 radical (unpaired) electrons. The molecule has 0 bridgehead atoms. The Bertz CT molecular complexity index is 221. The van der Waals surface area contributed by atoms with Crippen molar-refractivity contribution in [2.45, 2.75) is 63.8 Å². The second-order valence-corrected chi connectivity index (χ2v) is 12.5. The first-order chi connectivity index (χ1) is 6.94. The van der Waals surface area contributed by atoms with Gasteiger partial charge >= 0.3 is 8.25 Å². The molecule has 0 aliphatic rings. The van der Waals surface area contributed by atoms with E-state index >= 15 is 0 Å². The van der Waals surface area contributed by atoms with Crippen LogP contribution in [0.2, 0.25) is 10.1 Å². The molecule has 0 rings (SSSR count). The topological polar surface area (TPSA) is 35.5 Å². The Labute approximate surface area is 106 Å². The molecule has 0 amide bonds. The van der Waals surface area contributed by atoms with E-state index in [0.717, 1.165) is 20.5 Å². The average Bonchev–Trinajstić information content (AvgIpc) is 1.99. The molecule has 0 aliphatic heterocycles. The second kappa shape index (κ2) is 5.87. The molecule has 3 nitrogen and oxygen atoms in total. The summed E-state index contributed by atoms with van der Waals surface area (Å²) < 4.78 is 22.5. The van der Waals surface area contributed by atoms with Crippen molar-refractivity contribution in [3.63, 3.8) is 0 Å². The molecule has 0 saturated heterocycles. The Kier molecular flexibility index (Phi) is 6.04. The Morgan fingerprint density at radius 2 is 1.19 bits per heavy atom. The zero-order valence-corrected chi connectivity index (χ0v) is 16.7. The average molecular weight is 281 g/mol. The minimum absolute atomic E-state index is 0.0211. The summed E-state index contributed by atoms with van der Waals surface area (Å²) >= 11 is 0. The summed E-state index contributed by atoms with van der Waals surface area (Å²) in [6.07, 6.45) is -0.0422. The summed E-state index contributed by atoms with van der Waals surface area (Å²) in [5.41, 5.74) is 0. The van der Waals surface area contributed by atoms with Crippen LogP contribution in [0.25, 0.3) is 0 Å². The summed E-state index contributed by atoms with van der Waals surface area (Å²) in [7, 11) is 0.0166. The van der Waals surface area contributed by atoms with Gasteiger partial charge in [-0.25, -0.2) is 0 Å². The summed E-state index contributed by atoms with van der Waals surface area (Å²) in [4.78, 5) is 0. The summed E-state index contributed by atoms with van der Waals surface area (Å²) in [6, 6.07) is 0. The molecule has 0 spiro atoms. The molecule has 96 valence electrons. The highest BCUT2D eigenvalue weighted by Gasteiger charge is 2.36. The molecule has 6 heteroatoms. The van der Waals surface area contributed by atoms with Gasteiger partial charge in [-0.2, -0.15) is 0 Å². The molecule has 0 heterocycles. The van der Waals surface area contributed by atoms with Gasteiger partial charge in [0.15, 0.2) is 0 Å². The number of rotatable bonds is 6. The van der Waals surface area contributed by atoms with E-state index in [9.17, 15) is 4.57 Å². The number of hydrogen-bond acceptors (Lipinski definition) is 3. The molecule has 0 aromatic rings. The SMILES string of the molecule is CC(O[P+](=O)OC(C)C(C)(C)[SiH3])C(C)(C)[SiH3]. The van der Waals surface area contributed by atoms with Crippen LogP contribution in [0.1, 0.15) is 41.5 Å². The first-order valence-electron chi connectivity index (χ1n) is 5.75. The minimum atomic E-state index is -1.99. The minimum Gasteiger partial charge on any atom is -0.116 e. The van der Waals surface area contributed by atoms with E-state index in [1.807, 2.05) is 13.8 Å². The maximum Gasteiger partial charge on any atom is 0.697 e. The standard InChI is InChI=1S/C10H26O3PSi2/c1-7(9(3,4)15)12-14(11)13-8(2)10(5,6)16/h7-8H,1-6,15-16H3/q+1. The van der Waals surface area contributed by atoms with Gasteiger partial charge in [-0.15, -0.1) is 9.05 Å². The molecular formula is C10H26O3PSi2+. The van der Waals surface area contributed by atoms with Gasteiger partial charge in [0.2, 0.25) is 0 Å². The highest BCUT2D eigenvalue weighted by Crippen LogP contribution is 2.40. The van der Waals surface area contributed by atoms with Crippen LogP contribution in [0, 0.1) is 0 Å². The highest BCUT2D eigenvalue weighted by molar-refractivity contribution is 7.33. The molecule has 2 atom stereocenters. The van der Waals surface area contributed by atoms with Crippen LogP contribution in [0.3, 0.4) is 0 Å². The quantitative estimate of drug-likeness (QED) is 0.548. The third-order valence-electron chi connectivity index (χ3n) is 2.93. The summed E-state index contributed by atoms with van der Waals surface area (Å²) in [5, 5.41) is 0.238. The lowest BCUT2D eigenvalue weighted by Crippen LogP contribution is -2.24. The van der Waals surface area contributed by atoms with Crippen molar-refractivity contribution in [2.75, 3.05) is 0 Å². The first-order valence-corrected chi connectivity index (χ1v) is 8.85. The van der Waals surface area contributed by atoms with Crippen molar-refractivity contribution in [3.8, 4) is 0 Å². The molecule has 2 unspecified atom stereocenters. The van der Waals surface area contributed by atoms with Gasteiger partial charge in [-0.05, 0) is 23.9 Å². The third kappa shape index (κ3) is 6.25. The molecule has 0 aliphatic carbocycles. The van der Waals surface area contributed by atoms with Crippen LogP contribution in [0.5, 0.6) is 0 Å². The molecule has 16 heavy (non-hydrogen) atoms. The molecular weight excluding hydrogens is 255 g/mol. The first kappa shape index (κ1) is 16.5. The zero-order valence-electron chi connectivity index (χ0n) is 11.8. The van der Waals surface area contributed by atoms with Crippen molar-refractivity contribution in [1.82, 2.24) is 0 Å². The third-order valence-corrected chi connectivity index (χ3v) is 5.53. The monoisotopic (exact) mass is 281 g/mol. The number of hydrogen-bond donors (Lipinski definition) is 0. The second-order valence-electron chi connectivity index (χ2n) is 6.45. The highest BCUT2D eigenvalue weighted by atomic mass is 31.1. The van der Waals surface area contributed by atoms with Gasteiger partial charge < -0.3 is 0 Å². The molecule has 0 aromatic heterocycles. The van der Waals surface area contributed by atoms with E-state index in [0.29, 0.717) is 0 Å². The Hall–Kier alpha value is 0.454. The van der Waals surface area contributed by atoms with Crippen molar-refractivity contribution in [3.05, 3.63) is 0 Å². The predicted octanol–water partition coefficient (Wildman–Crippen LogP) is 1.58. The van der Waals surface area contributed by atoms with Crippen LogP contribution in [0.4, 0.5) is 0 Å². The fraction of sp³-hybridized carbons (Fsp3) is 1.00. The van der Waals surface area contributed by atoms with Crippen molar-refractivity contribution in [2.24, 2.45) is 0 Å². The van der Waals surface area contributed by atoms with Crippen LogP contribution in [0.15, 0.2) is 0 Å². The van der Waals surface area contributed by atoms with E-state index < -0.39 is 8.25 Å². The van der Waals surface area contributed by atoms with Crippen molar-refractivity contribution in [1.29, 1.82) is 0 Å². The summed E-state index contributed by atoms with van der Waals surface area (Å²) in [6.45, 7) is 12.4. The lowest BCUT2D eigenvalue weighted by atomic mass is 10.1. The maximum absolute atomic E-state index is 11.7. The molecule has 0 N–H and O–H groups in total. The van der Waals surface area contributed by atoms with Crippen LogP contribution in [-0.4, -0.2) is 32.7 Å². The van der Waals surface area contributed by atoms with E-state index in [1.54, 1.807) is 0 Å². The van der Waals surface area contributed by atoms with Crippen LogP contribution < -0.4 is 0 Å². The van der Waals surface area contributed by atoms with E-state index in [2.05, 4.69) is 27.7 Å². The fourth-order valence-corrected chi connectivity index (χ4v) is 2.43. The van der Waals surface area contributed by atoms with E-state index in [4.69, 9.17) is 9.05 Å². The van der Waals surface area contributed by atoms with Gasteiger partial charge in [0.05, 0.1) is 0 Å². The lowest BCUT2D eigenvalue weighted by molar-refractivity contribution is 0.111. The maximum atomic E-state index is 11.7. The van der Waals surface area contributed by atoms with Gasteiger partial charge in [-0.1, -0.05) is 27.7 Å². The smallest absolute Gasteiger partial charge is 0.116 e. The molecule has 0 aromatic carbocycles. The Balaban J connectivity index is 4.21. The van der Waals surface area contributed by atoms with Gasteiger partial charge in [0.25, 0.3) is 0 Å². The van der Waals surface area contributed by atoms with Crippen LogP contribution in [-0.2, 0) is 13.6 Å². The molecule has 0 saturated carbocycles. The lowest BCUT2D eigenvalue weighted by Gasteiger charge is -2.23. The molecule has 0 fully saturated rings. The van der Waals surface area contributed by atoms with Gasteiger partial charge in [-0.3, -0.25) is 0 Å².